The first-order chi connectivity index (χ1) is 18.9. The predicted molar refractivity (Wildman–Crippen MR) is 158 cm³/mol. The van der Waals surface area contributed by atoms with Gasteiger partial charge in [-0.3, -0.25) is 0 Å². The third-order valence-corrected chi connectivity index (χ3v) is 7.40. The van der Waals surface area contributed by atoms with Crippen LogP contribution in [0.1, 0.15) is 5.56 Å². The summed E-state index contributed by atoms with van der Waals surface area (Å²) >= 11 is 0. The zero-order valence-corrected chi connectivity index (χ0v) is 23.2. The van der Waals surface area contributed by atoms with E-state index in [0.717, 1.165) is 44.8 Å². The number of nitrogens with zero attached hydrogens (tertiary/aromatic N) is 4. The summed E-state index contributed by atoms with van der Waals surface area (Å²) in [6.45, 7) is 1.38. The van der Waals surface area contributed by atoms with Gasteiger partial charge < -0.3 is 19.8 Å². The van der Waals surface area contributed by atoms with Crippen molar-refractivity contribution >= 4 is 55.1 Å². The fraction of sp³-hybridized carbons (Fsp3) is 0.0588. The normalized spacial score (nSPS) is 14.8. The van der Waals surface area contributed by atoms with Gasteiger partial charge in [0.15, 0.2) is 0 Å². The average Bonchev–Trinajstić information content (AvgIpc) is 3.50. The van der Waals surface area contributed by atoms with E-state index in [1.165, 1.54) is 21.5 Å². The summed E-state index contributed by atoms with van der Waals surface area (Å²) in [4.78, 5) is 0. The minimum Gasteiger partial charge on any atom is -0.725 e. The molecule has 2 aliphatic heterocycles. The minimum absolute atomic E-state index is 0. The first-order valence-electron chi connectivity index (χ1n) is 12.9. The Kier molecular flexibility index (Phi) is 5.79. The zero-order chi connectivity index (χ0) is 25.1. The summed E-state index contributed by atoms with van der Waals surface area (Å²) in [6.07, 6.45) is 12.4. The second-order valence-corrected chi connectivity index (χ2v) is 9.56. The van der Waals surface area contributed by atoms with Crippen LogP contribution in [0.5, 0.6) is 0 Å². The van der Waals surface area contributed by atoms with Crippen LogP contribution in [0.4, 0.5) is 0 Å². The SMILES string of the molecule is [Pt+4].[c-]1c(-n2c3[c-]c(C4=CC=CC[N-]4)ccc3c3ccccc32)ccc2c3ccccc3n(C3=CC=CC[N-]3)c12. The fourth-order valence-electron chi connectivity index (χ4n) is 5.70. The van der Waals surface area contributed by atoms with Gasteiger partial charge in [-0.1, -0.05) is 89.0 Å². The molecule has 39 heavy (non-hydrogen) atoms. The van der Waals surface area contributed by atoms with Crippen molar-refractivity contribution in [2.75, 3.05) is 13.1 Å². The summed E-state index contributed by atoms with van der Waals surface area (Å²) in [5.41, 5.74) is 7.25. The quantitative estimate of drug-likeness (QED) is 0.168. The predicted octanol–water partition coefficient (Wildman–Crippen LogP) is 8.52. The van der Waals surface area contributed by atoms with Gasteiger partial charge in [-0.25, -0.2) is 5.70 Å². The molecule has 0 saturated heterocycles. The summed E-state index contributed by atoms with van der Waals surface area (Å²) in [7, 11) is 0. The van der Waals surface area contributed by atoms with Crippen LogP contribution >= 0.6 is 0 Å². The Hall–Kier alpha value is -4.27. The molecular formula is C34H22N4Pt. The third kappa shape index (κ3) is 3.71. The Balaban J connectivity index is 0.00000253. The molecule has 4 nitrogen and oxygen atoms in total. The third-order valence-electron chi connectivity index (χ3n) is 7.40. The van der Waals surface area contributed by atoms with Crippen molar-refractivity contribution in [3.05, 3.63) is 138 Å². The van der Waals surface area contributed by atoms with Gasteiger partial charge in [0.2, 0.25) is 0 Å². The number of aromatic nitrogens is 2. The van der Waals surface area contributed by atoms with Crippen molar-refractivity contribution in [2.24, 2.45) is 0 Å². The van der Waals surface area contributed by atoms with E-state index in [2.05, 4.69) is 131 Å². The van der Waals surface area contributed by atoms with Gasteiger partial charge in [0.05, 0.1) is 0 Å². The van der Waals surface area contributed by atoms with Crippen LogP contribution < -0.4 is 0 Å². The second-order valence-electron chi connectivity index (χ2n) is 9.56. The van der Waals surface area contributed by atoms with E-state index in [4.69, 9.17) is 10.6 Å². The van der Waals surface area contributed by atoms with E-state index < -0.39 is 0 Å². The van der Waals surface area contributed by atoms with Gasteiger partial charge in [0.25, 0.3) is 0 Å². The van der Waals surface area contributed by atoms with E-state index >= 15 is 0 Å². The van der Waals surface area contributed by atoms with E-state index in [-0.39, 0.29) is 21.1 Å². The molecule has 0 amide bonds. The van der Waals surface area contributed by atoms with E-state index in [1.54, 1.807) is 0 Å². The maximum Gasteiger partial charge on any atom is 4.00 e. The summed E-state index contributed by atoms with van der Waals surface area (Å²) in [5.74, 6) is 0.932. The molecule has 5 heteroatoms. The van der Waals surface area contributed by atoms with E-state index in [1.807, 2.05) is 0 Å². The number of fused-ring (bicyclic) bond motifs is 6. The number of benzene rings is 4. The van der Waals surface area contributed by atoms with Crippen LogP contribution in [0.2, 0.25) is 0 Å². The maximum absolute atomic E-state index is 4.81. The molecule has 0 radical (unpaired) electrons. The van der Waals surface area contributed by atoms with Crippen LogP contribution in [0.3, 0.4) is 0 Å². The number of rotatable bonds is 3. The average molecular weight is 682 g/mol. The molecule has 0 fully saturated rings. The van der Waals surface area contributed by atoms with Crippen molar-refractivity contribution in [2.45, 2.75) is 0 Å². The molecule has 6 aromatic rings. The van der Waals surface area contributed by atoms with Gasteiger partial charge in [0.1, 0.15) is 0 Å². The molecule has 8 rings (SSSR count). The van der Waals surface area contributed by atoms with E-state index in [0.29, 0.717) is 13.1 Å². The molecule has 0 aliphatic carbocycles. The Morgan fingerprint density at radius 2 is 1.23 bits per heavy atom. The minimum atomic E-state index is 0. The molecule has 0 N–H and O–H groups in total. The second kappa shape index (κ2) is 9.48. The molecule has 4 aromatic carbocycles. The van der Waals surface area contributed by atoms with Crippen LogP contribution in [0.15, 0.2) is 109 Å². The van der Waals surface area contributed by atoms with Gasteiger partial charge in [0, 0.05) is 5.52 Å². The number of hydrogen-bond donors (Lipinski definition) is 0. The first-order valence-corrected chi connectivity index (χ1v) is 12.9. The van der Waals surface area contributed by atoms with Crippen molar-refractivity contribution in [1.29, 1.82) is 0 Å². The van der Waals surface area contributed by atoms with Crippen molar-refractivity contribution < 1.29 is 21.1 Å². The Bertz CT molecular complexity index is 2030. The topological polar surface area (TPSA) is 38.1 Å². The molecule has 0 spiro atoms. The molecular weight excluding hydrogens is 659 g/mol. The van der Waals surface area contributed by atoms with Crippen molar-refractivity contribution in [3.63, 3.8) is 0 Å². The monoisotopic (exact) mass is 681 g/mol. The number of para-hydroxylation sites is 2. The molecule has 188 valence electrons. The van der Waals surface area contributed by atoms with E-state index in [9.17, 15) is 0 Å². The van der Waals surface area contributed by atoms with Crippen LogP contribution in [-0.4, -0.2) is 22.2 Å². The fourth-order valence-corrected chi connectivity index (χ4v) is 5.70. The first kappa shape index (κ1) is 23.8. The Labute approximate surface area is 240 Å². The van der Waals surface area contributed by atoms with Gasteiger partial charge in [-0.15, -0.1) is 53.9 Å². The van der Waals surface area contributed by atoms with Crippen LogP contribution in [0, 0.1) is 12.1 Å². The molecule has 0 saturated carbocycles. The van der Waals surface area contributed by atoms with Gasteiger partial charge in [-0.05, 0) is 29.0 Å². The van der Waals surface area contributed by atoms with Gasteiger partial charge >= 0.3 is 21.1 Å². The van der Waals surface area contributed by atoms with Gasteiger partial charge in [-0.2, -0.15) is 17.7 Å². The molecule has 0 unspecified atom stereocenters. The Morgan fingerprint density at radius 3 is 1.92 bits per heavy atom. The summed E-state index contributed by atoms with van der Waals surface area (Å²) in [6, 6.07) is 33.3. The van der Waals surface area contributed by atoms with Crippen LogP contribution in [0.25, 0.3) is 71.5 Å². The van der Waals surface area contributed by atoms with Crippen molar-refractivity contribution in [1.82, 2.24) is 9.13 Å². The molecule has 0 bridgehead atoms. The molecule has 2 aromatic heterocycles. The summed E-state index contributed by atoms with van der Waals surface area (Å²) in [5, 5.41) is 14.2. The standard InChI is InChI=1S/C34H22N4.Pt/c1-3-12-30-25(9-1)27-17-15-23(29-11-5-7-19-35-29)21-32(27)37(30)24-16-18-28-26-10-2-4-13-31(26)38(33(28)22-24)34-14-6-8-20-36-34;/h1-18H,19-20H2;/q-4;+4. The number of allylic oxidation sites excluding steroid dienone is 4. The number of hydrogen-bond acceptors (Lipinski definition) is 0. The summed E-state index contributed by atoms with van der Waals surface area (Å²) < 4.78 is 4.51. The maximum atomic E-state index is 4.81. The smallest absolute Gasteiger partial charge is 0.725 e. The molecule has 2 aliphatic rings. The largest absolute Gasteiger partial charge is 4.00 e. The molecule has 4 heterocycles. The molecule has 0 atom stereocenters. The van der Waals surface area contributed by atoms with Crippen molar-refractivity contribution in [3.8, 4) is 5.69 Å². The zero-order valence-electron chi connectivity index (χ0n) is 20.9. The Morgan fingerprint density at radius 1 is 0.590 bits per heavy atom. The van der Waals surface area contributed by atoms with Crippen LogP contribution in [-0.2, 0) is 21.1 Å².